The van der Waals surface area contributed by atoms with Gasteiger partial charge in [-0.15, -0.1) is 0 Å². The summed E-state index contributed by atoms with van der Waals surface area (Å²) in [6.45, 7) is 0.207. The molecule has 1 aromatic heterocycles. The Morgan fingerprint density at radius 1 is 1.04 bits per heavy atom. The molecular weight excluding hydrogens is 367 g/mol. The summed E-state index contributed by atoms with van der Waals surface area (Å²) >= 11 is 11.9. The number of nitrogens with zero attached hydrogens (tertiary/aromatic N) is 1. The average Bonchev–Trinajstić information content (AvgIpc) is 2.55. The van der Waals surface area contributed by atoms with Crippen molar-refractivity contribution in [2.45, 2.75) is 12.3 Å². The number of halogens is 2. The lowest BCUT2D eigenvalue weighted by Gasteiger charge is -2.09. The Bertz CT molecular complexity index is 991. The van der Waals surface area contributed by atoms with E-state index >= 15 is 0 Å². The first-order chi connectivity index (χ1) is 11.4. The number of rotatable bonds is 5. The number of benzene rings is 2. The van der Waals surface area contributed by atoms with Crippen LogP contribution >= 0.6 is 23.2 Å². The second-order valence-corrected chi connectivity index (χ2v) is 8.00. The van der Waals surface area contributed by atoms with Gasteiger partial charge in [-0.2, -0.15) is 0 Å². The lowest BCUT2D eigenvalue weighted by atomic mass is 10.1. The number of aromatic nitrogens is 1. The molecule has 2 aromatic carbocycles. The van der Waals surface area contributed by atoms with Crippen LogP contribution in [0.15, 0.2) is 54.7 Å². The first kappa shape index (κ1) is 17.2. The van der Waals surface area contributed by atoms with Gasteiger partial charge in [0.25, 0.3) is 0 Å². The van der Waals surface area contributed by atoms with Crippen molar-refractivity contribution in [3.05, 3.63) is 75.9 Å². The number of nitrogens with one attached hydrogen (secondary N) is 1. The average molecular weight is 381 g/mol. The van der Waals surface area contributed by atoms with Gasteiger partial charge in [-0.1, -0.05) is 41.4 Å². The normalized spacial score (nSPS) is 11.8. The quantitative estimate of drug-likeness (QED) is 0.722. The van der Waals surface area contributed by atoms with E-state index in [2.05, 4.69) is 9.71 Å². The molecule has 0 amide bonds. The summed E-state index contributed by atoms with van der Waals surface area (Å²) in [7, 11) is -3.51. The third-order valence-corrected chi connectivity index (χ3v) is 5.39. The SMILES string of the molecule is O=S(=O)(Cc1ccc(Cl)cc1Cl)NCc1ccc2ncccc2c1. The van der Waals surface area contributed by atoms with Crippen LogP contribution in [0.1, 0.15) is 11.1 Å². The van der Waals surface area contributed by atoms with E-state index in [4.69, 9.17) is 23.2 Å². The van der Waals surface area contributed by atoms with E-state index in [-0.39, 0.29) is 12.3 Å². The number of fused-ring (bicyclic) bond motifs is 1. The van der Waals surface area contributed by atoms with Crippen LogP contribution in [0.5, 0.6) is 0 Å². The van der Waals surface area contributed by atoms with Crippen LogP contribution in [-0.2, 0) is 22.3 Å². The van der Waals surface area contributed by atoms with Crippen LogP contribution in [0.2, 0.25) is 10.0 Å². The smallest absolute Gasteiger partial charge is 0.216 e. The lowest BCUT2D eigenvalue weighted by Crippen LogP contribution is -2.24. The van der Waals surface area contributed by atoms with Gasteiger partial charge < -0.3 is 0 Å². The van der Waals surface area contributed by atoms with Crippen molar-refractivity contribution in [1.82, 2.24) is 9.71 Å². The molecule has 0 unspecified atom stereocenters. The zero-order chi connectivity index (χ0) is 17.2. The summed E-state index contributed by atoms with van der Waals surface area (Å²) in [6, 6.07) is 14.2. The minimum Gasteiger partial charge on any atom is -0.256 e. The minimum absolute atomic E-state index is 0.196. The van der Waals surface area contributed by atoms with Crippen molar-refractivity contribution >= 4 is 44.1 Å². The molecule has 0 radical (unpaired) electrons. The van der Waals surface area contributed by atoms with E-state index in [1.807, 2.05) is 30.3 Å². The van der Waals surface area contributed by atoms with Crippen molar-refractivity contribution in [2.75, 3.05) is 0 Å². The Balaban J connectivity index is 1.71. The summed E-state index contributed by atoms with van der Waals surface area (Å²) in [5.74, 6) is -0.196. The molecule has 3 aromatic rings. The molecular formula is C17H14Cl2N2O2S. The van der Waals surface area contributed by atoms with Gasteiger partial charge in [0, 0.05) is 28.2 Å². The van der Waals surface area contributed by atoms with Gasteiger partial charge >= 0.3 is 0 Å². The summed E-state index contributed by atoms with van der Waals surface area (Å²) in [6.07, 6.45) is 1.72. The molecule has 3 rings (SSSR count). The van der Waals surface area contributed by atoms with Crippen LogP contribution in [-0.4, -0.2) is 13.4 Å². The van der Waals surface area contributed by atoms with E-state index in [1.165, 1.54) is 6.07 Å². The Morgan fingerprint density at radius 2 is 1.88 bits per heavy atom. The molecule has 0 saturated heterocycles. The third-order valence-electron chi connectivity index (χ3n) is 3.52. The van der Waals surface area contributed by atoms with Crippen LogP contribution < -0.4 is 4.72 Å². The predicted molar refractivity (Wildman–Crippen MR) is 97.7 cm³/mol. The highest BCUT2D eigenvalue weighted by Crippen LogP contribution is 2.22. The van der Waals surface area contributed by atoms with Gasteiger partial charge in [-0.05, 0) is 41.5 Å². The molecule has 0 fully saturated rings. The number of hydrogen-bond donors (Lipinski definition) is 1. The molecule has 0 aliphatic heterocycles. The summed E-state index contributed by atoms with van der Waals surface area (Å²) in [5.41, 5.74) is 2.25. The van der Waals surface area contributed by atoms with Crippen molar-refractivity contribution in [2.24, 2.45) is 0 Å². The second kappa shape index (κ2) is 7.07. The van der Waals surface area contributed by atoms with Crippen LogP contribution in [0.4, 0.5) is 0 Å². The molecule has 24 heavy (non-hydrogen) atoms. The molecule has 0 bridgehead atoms. The topological polar surface area (TPSA) is 59.1 Å². The number of sulfonamides is 1. The summed E-state index contributed by atoms with van der Waals surface area (Å²) in [5, 5.41) is 1.78. The van der Waals surface area contributed by atoms with E-state index in [1.54, 1.807) is 18.3 Å². The van der Waals surface area contributed by atoms with E-state index in [9.17, 15) is 8.42 Å². The predicted octanol–water partition coefficient (Wildman–Crippen LogP) is 4.16. The van der Waals surface area contributed by atoms with Crippen molar-refractivity contribution < 1.29 is 8.42 Å². The van der Waals surface area contributed by atoms with Crippen LogP contribution in [0.3, 0.4) is 0 Å². The zero-order valence-corrected chi connectivity index (χ0v) is 14.9. The highest BCUT2D eigenvalue weighted by Gasteiger charge is 2.14. The Hall–Kier alpha value is -1.66. The maximum absolute atomic E-state index is 12.3. The standard InChI is InChI=1S/C17H14Cl2N2O2S/c18-15-5-4-14(16(19)9-15)11-24(22,23)21-10-12-3-6-17-13(8-12)2-1-7-20-17/h1-9,21H,10-11H2. The molecule has 0 spiro atoms. The Labute approximate surface area is 150 Å². The third kappa shape index (κ3) is 4.24. The largest absolute Gasteiger partial charge is 0.256 e. The van der Waals surface area contributed by atoms with Gasteiger partial charge in [0.05, 0.1) is 11.3 Å². The van der Waals surface area contributed by atoms with Crippen LogP contribution in [0, 0.1) is 0 Å². The number of pyridine rings is 1. The fraction of sp³-hybridized carbons (Fsp3) is 0.118. The zero-order valence-electron chi connectivity index (χ0n) is 12.5. The Morgan fingerprint density at radius 3 is 2.67 bits per heavy atom. The fourth-order valence-corrected chi connectivity index (χ4v) is 4.03. The van der Waals surface area contributed by atoms with Gasteiger partial charge in [-0.3, -0.25) is 4.98 Å². The Kier molecular flexibility index (Phi) is 5.06. The highest BCUT2D eigenvalue weighted by atomic mass is 35.5. The molecule has 0 saturated carbocycles. The van der Waals surface area contributed by atoms with Gasteiger partial charge in [0.15, 0.2) is 0 Å². The highest BCUT2D eigenvalue weighted by molar-refractivity contribution is 7.88. The molecule has 1 N–H and O–H groups in total. The van der Waals surface area contributed by atoms with E-state index in [0.717, 1.165) is 16.5 Å². The summed E-state index contributed by atoms with van der Waals surface area (Å²) < 4.78 is 27.1. The van der Waals surface area contributed by atoms with Crippen molar-refractivity contribution in [3.63, 3.8) is 0 Å². The maximum atomic E-state index is 12.3. The summed E-state index contributed by atoms with van der Waals surface area (Å²) in [4.78, 5) is 4.24. The van der Waals surface area contributed by atoms with Crippen molar-refractivity contribution in [3.8, 4) is 0 Å². The molecule has 0 aliphatic carbocycles. The maximum Gasteiger partial charge on any atom is 0.216 e. The van der Waals surface area contributed by atoms with Gasteiger partial charge in [0.1, 0.15) is 0 Å². The second-order valence-electron chi connectivity index (χ2n) is 5.35. The number of hydrogen-bond acceptors (Lipinski definition) is 3. The molecule has 0 atom stereocenters. The monoisotopic (exact) mass is 380 g/mol. The fourth-order valence-electron chi connectivity index (χ4n) is 2.32. The lowest BCUT2D eigenvalue weighted by molar-refractivity contribution is 0.580. The molecule has 124 valence electrons. The van der Waals surface area contributed by atoms with Gasteiger partial charge in [0.2, 0.25) is 10.0 Å². The first-order valence-corrected chi connectivity index (χ1v) is 9.59. The molecule has 0 aliphatic rings. The van der Waals surface area contributed by atoms with E-state index < -0.39 is 10.0 Å². The molecule has 1 heterocycles. The van der Waals surface area contributed by atoms with Crippen molar-refractivity contribution in [1.29, 1.82) is 0 Å². The van der Waals surface area contributed by atoms with Crippen LogP contribution in [0.25, 0.3) is 10.9 Å². The minimum atomic E-state index is -3.51. The van der Waals surface area contributed by atoms with E-state index in [0.29, 0.717) is 15.6 Å². The first-order valence-electron chi connectivity index (χ1n) is 7.18. The molecule has 7 heteroatoms. The van der Waals surface area contributed by atoms with Gasteiger partial charge in [-0.25, -0.2) is 13.1 Å². The molecule has 4 nitrogen and oxygen atoms in total.